The zero-order chi connectivity index (χ0) is 9.42. The van der Waals surface area contributed by atoms with Gasteiger partial charge in [-0.15, -0.1) is 0 Å². The van der Waals surface area contributed by atoms with Gasteiger partial charge in [0.05, 0.1) is 0 Å². The normalized spacial score (nSPS) is 36.9. The van der Waals surface area contributed by atoms with Crippen LogP contribution in [0.5, 0.6) is 0 Å². The van der Waals surface area contributed by atoms with Gasteiger partial charge in [-0.2, -0.15) is 0 Å². The topological polar surface area (TPSA) is 6.48 Å². The Morgan fingerprint density at radius 3 is 2.54 bits per heavy atom. The lowest BCUT2D eigenvalue weighted by molar-refractivity contribution is 0.0984. The minimum atomic E-state index is 0.735. The Labute approximate surface area is 81.9 Å². The number of piperidine rings is 1. The van der Waals surface area contributed by atoms with E-state index in [1.807, 2.05) is 0 Å². The molecule has 0 aliphatic carbocycles. The molecule has 3 aliphatic rings. The van der Waals surface area contributed by atoms with Crippen molar-refractivity contribution in [3.63, 3.8) is 0 Å². The van der Waals surface area contributed by atoms with E-state index in [1.165, 1.54) is 32.5 Å². The highest BCUT2D eigenvalue weighted by molar-refractivity contribution is 4.89. The van der Waals surface area contributed by atoms with E-state index < -0.39 is 0 Å². The van der Waals surface area contributed by atoms with Gasteiger partial charge in [-0.05, 0) is 39.7 Å². The summed E-state index contributed by atoms with van der Waals surface area (Å²) >= 11 is 0. The molecule has 0 spiro atoms. The summed E-state index contributed by atoms with van der Waals surface area (Å²) in [5, 5.41) is 0. The van der Waals surface area contributed by atoms with Crippen molar-refractivity contribution < 1.29 is 0 Å². The maximum Gasteiger partial charge on any atom is 0.0225 e. The molecule has 2 nitrogen and oxygen atoms in total. The van der Waals surface area contributed by atoms with E-state index in [-0.39, 0.29) is 0 Å². The Morgan fingerprint density at radius 2 is 1.85 bits per heavy atom. The highest BCUT2D eigenvalue weighted by atomic mass is 15.3. The number of hydrogen-bond acceptors (Lipinski definition) is 2. The molecule has 76 valence electrons. The maximum absolute atomic E-state index is 2.71. The molecular weight excluding hydrogens is 160 g/mol. The van der Waals surface area contributed by atoms with Crippen LogP contribution in [0.3, 0.4) is 0 Å². The van der Waals surface area contributed by atoms with E-state index in [1.54, 1.807) is 0 Å². The first-order valence-electron chi connectivity index (χ1n) is 5.61. The number of fused-ring (bicyclic) bond motifs is 4. The van der Waals surface area contributed by atoms with Gasteiger partial charge in [-0.1, -0.05) is 0 Å². The van der Waals surface area contributed by atoms with Crippen LogP contribution in [0.1, 0.15) is 26.7 Å². The number of likely N-dealkylation sites (N-methyl/N-ethyl adjacent to an activating group) is 1. The van der Waals surface area contributed by atoms with Gasteiger partial charge < -0.3 is 4.90 Å². The lowest BCUT2D eigenvalue weighted by Gasteiger charge is -2.39. The van der Waals surface area contributed by atoms with Crippen LogP contribution in [0.4, 0.5) is 0 Å². The van der Waals surface area contributed by atoms with E-state index in [0.29, 0.717) is 0 Å². The predicted molar refractivity (Wildman–Crippen MR) is 55.9 cm³/mol. The zero-order valence-electron chi connectivity index (χ0n) is 9.16. The van der Waals surface area contributed by atoms with Crippen molar-refractivity contribution in [2.75, 3.05) is 26.7 Å². The second-order valence-electron chi connectivity index (χ2n) is 5.11. The highest BCUT2D eigenvalue weighted by Gasteiger charge is 2.34. The summed E-state index contributed by atoms with van der Waals surface area (Å²) in [6.45, 7) is 8.61. The molecule has 0 radical (unpaired) electrons. The van der Waals surface area contributed by atoms with Crippen molar-refractivity contribution >= 4 is 0 Å². The third-order valence-corrected chi connectivity index (χ3v) is 3.60. The molecule has 0 amide bonds. The summed E-state index contributed by atoms with van der Waals surface area (Å²) in [5.74, 6) is 0.936. The molecule has 2 unspecified atom stereocenters. The van der Waals surface area contributed by atoms with Crippen LogP contribution in [-0.2, 0) is 0 Å². The molecule has 0 aromatic rings. The Bertz CT molecular complexity index is 179. The third-order valence-electron chi connectivity index (χ3n) is 3.60. The van der Waals surface area contributed by atoms with Crippen molar-refractivity contribution in [2.45, 2.75) is 38.8 Å². The molecule has 3 saturated heterocycles. The first kappa shape index (κ1) is 9.47. The second-order valence-corrected chi connectivity index (χ2v) is 5.11. The van der Waals surface area contributed by atoms with Crippen molar-refractivity contribution in [3.8, 4) is 0 Å². The molecule has 0 saturated carbocycles. The average Bonchev–Trinajstić information content (AvgIpc) is 2.31. The van der Waals surface area contributed by atoms with Gasteiger partial charge in [-0.25, -0.2) is 0 Å². The van der Waals surface area contributed by atoms with E-state index in [2.05, 4.69) is 30.7 Å². The van der Waals surface area contributed by atoms with Gasteiger partial charge in [0, 0.05) is 31.7 Å². The minimum absolute atomic E-state index is 0.735. The number of nitrogens with zero attached hydrogens (tertiary/aromatic N) is 2. The Kier molecular flexibility index (Phi) is 2.61. The van der Waals surface area contributed by atoms with Crippen LogP contribution in [0.15, 0.2) is 0 Å². The third kappa shape index (κ3) is 1.89. The van der Waals surface area contributed by atoms with E-state index in [0.717, 1.165) is 18.0 Å². The molecule has 13 heavy (non-hydrogen) atoms. The lowest BCUT2D eigenvalue weighted by atomic mass is 9.94. The fourth-order valence-electron chi connectivity index (χ4n) is 2.99. The van der Waals surface area contributed by atoms with Crippen LogP contribution < -0.4 is 0 Å². The summed E-state index contributed by atoms with van der Waals surface area (Å²) < 4.78 is 0. The van der Waals surface area contributed by atoms with Gasteiger partial charge in [0.25, 0.3) is 0 Å². The molecule has 2 heteroatoms. The Morgan fingerprint density at radius 1 is 1.08 bits per heavy atom. The average molecular weight is 182 g/mol. The first-order valence-corrected chi connectivity index (χ1v) is 5.61. The summed E-state index contributed by atoms with van der Waals surface area (Å²) in [4.78, 5) is 5.22. The Balaban J connectivity index is 2.09. The van der Waals surface area contributed by atoms with Crippen molar-refractivity contribution in [3.05, 3.63) is 0 Å². The lowest BCUT2D eigenvalue weighted by Crippen LogP contribution is -2.47. The summed E-state index contributed by atoms with van der Waals surface area (Å²) in [5.41, 5.74) is 0. The Hall–Kier alpha value is -0.0800. The quantitative estimate of drug-likeness (QED) is 0.605. The van der Waals surface area contributed by atoms with Crippen LogP contribution in [-0.4, -0.2) is 48.6 Å². The molecule has 2 atom stereocenters. The highest BCUT2D eigenvalue weighted by Crippen LogP contribution is 2.28. The van der Waals surface area contributed by atoms with Crippen molar-refractivity contribution in [2.24, 2.45) is 5.92 Å². The van der Waals surface area contributed by atoms with Crippen LogP contribution >= 0.6 is 0 Å². The first-order chi connectivity index (χ1) is 6.16. The second kappa shape index (κ2) is 3.58. The van der Waals surface area contributed by atoms with Crippen LogP contribution in [0, 0.1) is 5.92 Å². The van der Waals surface area contributed by atoms with E-state index in [9.17, 15) is 0 Å². The summed E-state index contributed by atoms with van der Waals surface area (Å²) in [6.07, 6.45) is 2.88. The summed E-state index contributed by atoms with van der Waals surface area (Å²) in [7, 11) is 2.27. The van der Waals surface area contributed by atoms with Crippen LogP contribution in [0.2, 0.25) is 0 Å². The van der Waals surface area contributed by atoms with Gasteiger partial charge in [-0.3, -0.25) is 4.90 Å². The standard InChI is InChI=1S/C11H22N2/c1-9(2)13-7-10-4-5-11(13)8-12(3)6-10/h9-11H,4-8H2,1-3H3. The largest absolute Gasteiger partial charge is 0.304 e. The molecule has 2 bridgehead atoms. The van der Waals surface area contributed by atoms with Crippen molar-refractivity contribution in [1.82, 2.24) is 9.80 Å². The monoisotopic (exact) mass is 182 g/mol. The van der Waals surface area contributed by atoms with Gasteiger partial charge in [0.2, 0.25) is 0 Å². The molecule has 0 N–H and O–H groups in total. The molecular formula is C11H22N2. The predicted octanol–water partition coefficient (Wildman–Crippen LogP) is 1.42. The molecule has 3 heterocycles. The van der Waals surface area contributed by atoms with Gasteiger partial charge >= 0.3 is 0 Å². The van der Waals surface area contributed by atoms with Crippen LogP contribution in [0.25, 0.3) is 0 Å². The van der Waals surface area contributed by atoms with Crippen molar-refractivity contribution in [1.29, 1.82) is 0 Å². The van der Waals surface area contributed by atoms with Gasteiger partial charge in [0.1, 0.15) is 0 Å². The SMILES string of the molecule is CC(C)N1CC2CCC1CN(C)C2. The van der Waals surface area contributed by atoms with E-state index in [4.69, 9.17) is 0 Å². The van der Waals surface area contributed by atoms with E-state index >= 15 is 0 Å². The maximum atomic E-state index is 2.71. The molecule has 3 aliphatic heterocycles. The molecule has 0 aromatic heterocycles. The smallest absolute Gasteiger partial charge is 0.0225 e. The number of hydrogen-bond donors (Lipinski definition) is 0. The fraction of sp³-hybridized carbons (Fsp3) is 1.00. The van der Waals surface area contributed by atoms with Gasteiger partial charge in [0.15, 0.2) is 0 Å². The minimum Gasteiger partial charge on any atom is -0.304 e. The summed E-state index contributed by atoms with van der Waals surface area (Å²) in [6, 6.07) is 1.57. The molecule has 0 aromatic carbocycles. The molecule has 3 rings (SSSR count). The molecule has 3 fully saturated rings. The zero-order valence-corrected chi connectivity index (χ0v) is 9.16. The fourth-order valence-corrected chi connectivity index (χ4v) is 2.99. The number of rotatable bonds is 1.